The number of nitrogens with one attached hydrogen (secondary N) is 1. The number of aliphatic hydroxyl groups is 1. The van der Waals surface area contributed by atoms with Crippen LogP contribution in [-0.2, 0) is 0 Å². The highest BCUT2D eigenvalue weighted by Crippen LogP contribution is 2.31. The number of amides is 1. The molecule has 1 aliphatic carbocycles. The van der Waals surface area contributed by atoms with E-state index in [4.69, 9.17) is 4.74 Å². The van der Waals surface area contributed by atoms with Crippen molar-refractivity contribution in [2.24, 2.45) is 0 Å². The van der Waals surface area contributed by atoms with Gasteiger partial charge in [-0.15, -0.1) is 0 Å². The quantitative estimate of drug-likeness (QED) is 0.826. The number of carbonyl (C=O) groups is 1. The number of ether oxygens (including phenoxy) is 1. The summed E-state index contributed by atoms with van der Waals surface area (Å²) in [6.07, 6.45) is 8.21. The molecule has 2 fully saturated rings. The van der Waals surface area contributed by atoms with Crippen molar-refractivity contribution in [3.8, 4) is 5.75 Å². The second-order valence-electron chi connectivity index (χ2n) is 7.13. The number of hydrogen-bond acceptors (Lipinski definition) is 6. The van der Waals surface area contributed by atoms with E-state index < -0.39 is 6.10 Å². The highest BCUT2D eigenvalue weighted by Gasteiger charge is 2.47. The topological polar surface area (TPSA) is 87.6 Å². The van der Waals surface area contributed by atoms with Gasteiger partial charge in [-0.1, -0.05) is 0 Å². The molecule has 0 aromatic carbocycles. The van der Waals surface area contributed by atoms with Gasteiger partial charge >= 0.3 is 0 Å². The van der Waals surface area contributed by atoms with Crippen LogP contribution in [0.25, 0.3) is 0 Å². The lowest BCUT2D eigenvalue weighted by Gasteiger charge is -2.31. The lowest BCUT2D eigenvalue weighted by Crippen LogP contribution is -2.52. The Labute approximate surface area is 158 Å². The van der Waals surface area contributed by atoms with E-state index in [2.05, 4.69) is 20.2 Å². The van der Waals surface area contributed by atoms with Gasteiger partial charge in [-0.05, 0) is 50.2 Å². The molecule has 4 atom stereocenters. The second kappa shape index (κ2) is 8.02. The largest absolute Gasteiger partial charge is 0.486 e. The smallest absolute Gasteiger partial charge is 0.253 e. The fourth-order valence-corrected chi connectivity index (χ4v) is 4.10. The van der Waals surface area contributed by atoms with E-state index in [1.165, 1.54) is 0 Å². The average molecular weight is 368 g/mol. The van der Waals surface area contributed by atoms with Gasteiger partial charge in [-0.3, -0.25) is 19.7 Å². The Hall–Kier alpha value is -2.51. The summed E-state index contributed by atoms with van der Waals surface area (Å²) in [5.74, 6) is 0.451. The van der Waals surface area contributed by atoms with E-state index in [-0.39, 0.29) is 24.1 Å². The van der Waals surface area contributed by atoms with E-state index >= 15 is 0 Å². The van der Waals surface area contributed by atoms with Crippen LogP contribution in [-0.4, -0.2) is 63.3 Å². The fourth-order valence-electron chi connectivity index (χ4n) is 4.10. The van der Waals surface area contributed by atoms with E-state index in [0.29, 0.717) is 17.7 Å². The third kappa shape index (κ3) is 3.94. The van der Waals surface area contributed by atoms with Gasteiger partial charge in [-0.2, -0.15) is 0 Å². The molecule has 1 saturated heterocycles. The Morgan fingerprint density at radius 2 is 1.89 bits per heavy atom. The molecule has 1 aliphatic heterocycles. The molecule has 7 heteroatoms. The second-order valence-corrected chi connectivity index (χ2v) is 7.13. The monoisotopic (exact) mass is 368 g/mol. The zero-order valence-corrected chi connectivity index (χ0v) is 15.1. The summed E-state index contributed by atoms with van der Waals surface area (Å²) in [6, 6.07) is 6.76. The van der Waals surface area contributed by atoms with Crippen molar-refractivity contribution in [3.05, 3.63) is 54.6 Å². The standard InChI is InChI=1S/C20H24N4O3/c25-19-17(27-15-6-4-8-22-13-15)11-16(18(19)24-9-1-2-10-24)23-20(26)14-5-3-7-21-12-14/h3-8,12-13,16-19,25H,1-2,9-11H2,(H,23,26)/t16-,17-,18+,19+/m1/s1. The molecule has 1 saturated carbocycles. The summed E-state index contributed by atoms with van der Waals surface area (Å²) >= 11 is 0. The maximum absolute atomic E-state index is 12.6. The maximum atomic E-state index is 12.6. The third-order valence-corrected chi connectivity index (χ3v) is 5.35. The van der Waals surface area contributed by atoms with E-state index in [1.54, 1.807) is 43.0 Å². The predicted molar refractivity (Wildman–Crippen MR) is 99.4 cm³/mol. The molecule has 2 N–H and O–H groups in total. The van der Waals surface area contributed by atoms with Gasteiger partial charge in [0.15, 0.2) is 0 Å². The van der Waals surface area contributed by atoms with Crippen LogP contribution in [0.5, 0.6) is 5.75 Å². The minimum Gasteiger partial charge on any atom is -0.486 e. The van der Waals surface area contributed by atoms with E-state index in [9.17, 15) is 9.90 Å². The number of rotatable bonds is 5. The first-order valence-electron chi connectivity index (χ1n) is 9.42. The average Bonchev–Trinajstić information content (AvgIpc) is 3.32. The molecule has 3 heterocycles. The molecule has 0 bridgehead atoms. The van der Waals surface area contributed by atoms with Crippen LogP contribution in [0.4, 0.5) is 0 Å². The van der Waals surface area contributed by atoms with Crippen molar-refractivity contribution < 1.29 is 14.6 Å². The Balaban J connectivity index is 1.51. The maximum Gasteiger partial charge on any atom is 0.253 e. The first kappa shape index (κ1) is 17.9. The third-order valence-electron chi connectivity index (χ3n) is 5.35. The highest BCUT2D eigenvalue weighted by atomic mass is 16.5. The van der Waals surface area contributed by atoms with Gasteiger partial charge in [0.1, 0.15) is 18.0 Å². The zero-order chi connectivity index (χ0) is 18.6. The molecule has 1 amide bonds. The number of pyridine rings is 2. The van der Waals surface area contributed by atoms with E-state index in [1.807, 2.05) is 6.07 Å². The lowest BCUT2D eigenvalue weighted by atomic mass is 10.1. The summed E-state index contributed by atoms with van der Waals surface area (Å²) in [5, 5.41) is 14.1. The molecule has 0 spiro atoms. The van der Waals surface area contributed by atoms with Crippen LogP contribution < -0.4 is 10.1 Å². The molecular formula is C20H24N4O3. The molecule has 142 valence electrons. The summed E-state index contributed by atoms with van der Waals surface area (Å²) in [5.41, 5.74) is 0.517. The zero-order valence-electron chi connectivity index (χ0n) is 15.1. The Bertz CT molecular complexity index is 752. The van der Waals surface area contributed by atoms with Gasteiger partial charge < -0.3 is 15.2 Å². The van der Waals surface area contributed by atoms with Crippen LogP contribution in [0, 0.1) is 0 Å². The van der Waals surface area contributed by atoms with Crippen LogP contribution in [0.15, 0.2) is 49.1 Å². The molecule has 27 heavy (non-hydrogen) atoms. The fraction of sp³-hybridized carbons (Fsp3) is 0.450. The Morgan fingerprint density at radius 3 is 2.56 bits per heavy atom. The van der Waals surface area contributed by atoms with Crippen LogP contribution in [0.2, 0.25) is 0 Å². The first-order valence-corrected chi connectivity index (χ1v) is 9.42. The van der Waals surface area contributed by atoms with Crippen LogP contribution in [0.1, 0.15) is 29.6 Å². The van der Waals surface area contributed by atoms with Crippen molar-refractivity contribution in [2.75, 3.05) is 13.1 Å². The van der Waals surface area contributed by atoms with Crippen molar-refractivity contribution in [1.82, 2.24) is 20.2 Å². The number of nitrogens with zero attached hydrogens (tertiary/aromatic N) is 3. The van der Waals surface area contributed by atoms with Crippen molar-refractivity contribution >= 4 is 5.91 Å². The summed E-state index contributed by atoms with van der Waals surface area (Å²) in [6.45, 7) is 1.86. The minimum atomic E-state index is -0.678. The predicted octanol–water partition coefficient (Wildman–Crippen LogP) is 1.25. The molecule has 7 nitrogen and oxygen atoms in total. The molecule has 4 rings (SSSR count). The van der Waals surface area contributed by atoms with Crippen LogP contribution in [0.3, 0.4) is 0 Å². The van der Waals surface area contributed by atoms with Crippen molar-refractivity contribution in [2.45, 2.75) is 43.6 Å². The van der Waals surface area contributed by atoms with Gasteiger partial charge in [0, 0.05) is 25.0 Å². The number of likely N-dealkylation sites (tertiary alicyclic amines) is 1. The summed E-state index contributed by atoms with van der Waals surface area (Å²) < 4.78 is 5.99. The molecule has 0 unspecified atom stereocenters. The number of hydrogen-bond donors (Lipinski definition) is 2. The van der Waals surface area contributed by atoms with E-state index in [0.717, 1.165) is 25.9 Å². The summed E-state index contributed by atoms with van der Waals surface area (Å²) in [4.78, 5) is 23.0. The lowest BCUT2D eigenvalue weighted by molar-refractivity contribution is 0.0138. The van der Waals surface area contributed by atoms with Gasteiger partial charge in [0.25, 0.3) is 5.91 Å². The van der Waals surface area contributed by atoms with Crippen molar-refractivity contribution in [1.29, 1.82) is 0 Å². The Kier molecular flexibility index (Phi) is 5.31. The van der Waals surface area contributed by atoms with Gasteiger partial charge in [0.05, 0.1) is 23.8 Å². The van der Waals surface area contributed by atoms with Gasteiger partial charge in [0.2, 0.25) is 0 Å². The van der Waals surface area contributed by atoms with Crippen LogP contribution >= 0.6 is 0 Å². The molecular weight excluding hydrogens is 344 g/mol. The number of aromatic nitrogens is 2. The molecule has 2 aliphatic rings. The normalized spacial score (nSPS) is 28.2. The summed E-state index contributed by atoms with van der Waals surface area (Å²) in [7, 11) is 0. The van der Waals surface area contributed by atoms with Crippen molar-refractivity contribution in [3.63, 3.8) is 0 Å². The SMILES string of the molecule is O=C(N[C@@H]1C[C@@H](Oc2cccnc2)[C@H](O)[C@H]1N1CCCC1)c1cccnc1. The highest BCUT2D eigenvalue weighted by molar-refractivity contribution is 5.94. The molecule has 2 aromatic heterocycles. The number of aliphatic hydroxyl groups excluding tert-OH is 1. The molecule has 0 radical (unpaired) electrons. The Morgan fingerprint density at radius 1 is 1.15 bits per heavy atom. The minimum absolute atomic E-state index is 0.158. The number of carbonyl (C=O) groups excluding carboxylic acids is 1. The van der Waals surface area contributed by atoms with Gasteiger partial charge in [-0.25, -0.2) is 0 Å². The first-order chi connectivity index (χ1) is 13.2. The molecule has 2 aromatic rings.